The summed E-state index contributed by atoms with van der Waals surface area (Å²) in [6.45, 7) is 4.22. The molecule has 1 saturated carbocycles. The zero-order chi connectivity index (χ0) is 18.0. The second-order valence-corrected chi connectivity index (χ2v) is 7.98. The fourth-order valence-electron chi connectivity index (χ4n) is 3.21. The van der Waals surface area contributed by atoms with Crippen LogP contribution in [0.15, 0.2) is 57.6 Å². The van der Waals surface area contributed by atoms with Crippen molar-refractivity contribution >= 4 is 29.2 Å². The highest BCUT2D eigenvalue weighted by molar-refractivity contribution is 6.55. The van der Waals surface area contributed by atoms with Gasteiger partial charge in [0, 0.05) is 12.0 Å². The molecule has 1 aliphatic rings. The van der Waals surface area contributed by atoms with Gasteiger partial charge >= 0.3 is 5.97 Å². The standard InChI is InChI=1S/C20H20Cl2O3/c1-20(2)16(10-17(21)22)18(20)19(23)25-12-14-9-15(24-11-14)8-13-6-4-3-5-7-13/h3-7,9-11,16,18H,8,12H2,1-2H3/t16-,18-/m1/s1. The number of rotatable bonds is 6. The predicted octanol–water partition coefficient (Wildman–Crippen LogP) is 5.50. The Morgan fingerprint density at radius 1 is 1.24 bits per heavy atom. The Bertz CT molecular complexity index is 773. The summed E-state index contributed by atoms with van der Waals surface area (Å²) in [5.41, 5.74) is 1.84. The number of benzene rings is 1. The average molecular weight is 379 g/mol. The maximum Gasteiger partial charge on any atom is 0.310 e. The monoisotopic (exact) mass is 378 g/mol. The van der Waals surface area contributed by atoms with Crippen LogP contribution in [0.2, 0.25) is 0 Å². The molecule has 0 spiro atoms. The number of hydrogen-bond acceptors (Lipinski definition) is 3. The first-order chi connectivity index (χ1) is 11.9. The van der Waals surface area contributed by atoms with E-state index in [9.17, 15) is 4.79 Å². The van der Waals surface area contributed by atoms with Gasteiger partial charge in [0.1, 0.15) is 16.9 Å². The van der Waals surface area contributed by atoms with Crippen LogP contribution in [0.25, 0.3) is 0 Å². The summed E-state index contributed by atoms with van der Waals surface area (Å²) in [4.78, 5) is 12.3. The zero-order valence-electron chi connectivity index (χ0n) is 14.2. The van der Waals surface area contributed by atoms with Crippen LogP contribution in [-0.4, -0.2) is 5.97 Å². The molecule has 1 aromatic heterocycles. The van der Waals surface area contributed by atoms with Crippen LogP contribution in [0.4, 0.5) is 0 Å². The molecule has 2 aromatic rings. The summed E-state index contributed by atoms with van der Waals surface area (Å²) >= 11 is 11.4. The van der Waals surface area contributed by atoms with Crippen molar-refractivity contribution in [3.8, 4) is 0 Å². The topological polar surface area (TPSA) is 39.4 Å². The molecule has 0 N–H and O–H groups in total. The maximum absolute atomic E-state index is 12.3. The first-order valence-corrected chi connectivity index (χ1v) is 8.93. The quantitative estimate of drug-likeness (QED) is 0.622. The van der Waals surface area contributed by atoms with Crippen molar-refractivity contribution in [2.75, 3.05) is 0 Å². The van der Waals surface area contributed by atoms with Gasteiger partial charge in [-0.05, 0) is 29.0 Å². The lowest BCUT2D eigenvalue weighted by Gasteiger charge is -2.03. The van der Waals surface area contributed by atoms with Gasteiger partial charge in [-0.15, -0.1) is 0 Å². The van der Waals surface area contributed by atoms with E-state index in [0.29, 0.717) is 6.42 Å². The normalized spacial score (nSPS) is 20.8. The summed E-state index contributed by atoms with van der Waals surface area (Å²) in [5.74, 6) is 0.420. The van der Waals surface area contributed by atoms with Gasteiger partial charge < -0.3 is 9.15 Å². The predicted molar refractivity (Wildman–Crippen MR) is 98.3 cm³/mol. The highest BCUT2D eigenvalue weighted by Gasteiger charge is 2.61. The number of ether oxygens (including phenoxy) is 1. The van der Waals surface area contributed by atoms with Gasteiger partial charge in [-0.25, -0.2) is 0 Å². The summed E-state index contributed by atoms with van der Waals surface area (Å²) in [6.07, 6.45) is 4.06. The third-order valence-corrected chi connectivity index (χ3v) is 5.03. The van der Waals surface area contributed by atoms with E-state index in [1.54, 1.807) is 12.3 Å². The van der Waals surface area contributed by atoms with Crippen molar-refractivity contribution in [3.05, 3.63) is 70.1 Å². The minimum atomic E-state index is -0.230. The van der Waals surface area contributed by atoms with E-state index in [1.165, 1.54) is 5.56 Å². The van der Waals surface area contributed by atoms with Crippen LogP contribution in [0.5, 0.6) is 0 Å². The Morgan fingerprint density at radius 3 is 2.64 bits per heavy atom. The molecule has 0 aliphatic heterocycles. The summed E-state index contributed by atoms with van der Waals surface area (Å²) in [6, 6.07) is 12.0. The van der Waals surface area contributed by atoms with E-state index in [-0.39, 0.29) is 34.3 Å². The van der Waals surface area contributed by atoms with E-state index in [4.69, 9.17) is 32.4 Å². The van der Waals surface area contributed by atoms with Gasteiger partial charge in [-0.3, -0.25) is 4.79 Å². The molecule has 25 heavy (non-hydrogen) atoms. The maximum atomic E-state index is 12.3. The summed E-state index contributed by atoms with van der Waals surface area (Å²) in [5, 5.41) is 0. The third-order valence-electron chi connectivity index (χ3n) is 4.78. The highest BCUT2D eigenvalue weighted by atomic mass is 35.5. The van der Waals surface area contributed by atoms with E-state index >= 15 is 0 Å². The molecular weight excluding hydrogens is 359 g/mol. The lowest BCUT2D eigenvalue weighted by Crippen LogP contribution is -2.10. The van der Waals surface area contributed by atoms with Gasteiger partial charge in [-0.2, -0.15) is 0 Å². The van der Waals surface area contributed by atoms with Crippen LogP contribution in [-0.2, 0) is 22.6 Å². The first kappa shape index (κ1) is 18.1. The molecule has 0 radical (unpaired) electrons. The Morgan fingerprint density at radius 2 is 1.96 bits per heavy atom. The van der Waals surface area contributed by atoms with E-state index in [0.717, 1.165) is 11.3 Å². The molecule has 132 valence electrons. The Hall–Kier alpha value is -1.71. The molecule has 3 nitrogen and oxygen atoms in total. The van der Waals surface area contributed by atoms with Crippen LogP contribution < -0.4 is 0 Å². The molecule has 1 aliphatic carbocycles. The molecule has 3 rings (SSSR count). The molecule has 0 unspecified atom stereocenters. The van der Waals surface area contributed by atoms with Crippen molar-refractivity contribution < 1.29 is 13.9 Å². The highest BCUT2D eigenvalue weighted by Crippen LogP contribution is 2.60. The molecule has 0 saturated heterocycles. The van der Waals surface area contributed by atoms with Gasteiger partial charge in [0.05, 0.1) is 12.2 Å². The lowest BCUT2D eigenvalue weighted by atomic mass is 10.1. The van der Waals surface area contributed by atoms with Crippen LogP contribution in [0.3, 0.4) is 0 Å². The van der Waals surface area contributed by atoms with E-state index in [2.05, 4.69) is 0 Å². The minimum Gasteiger partial charge on any atom is -0.469 e. The van der Waals surface area contributed by atoms with Gasteiger partial charge in [0.25, 0.3) is 0 Å². The second kappa shape index (κ2) is 7.27. The van der Waals surface area contributed by atoms with Gasteiger partial charge in [0.15, 0.2) is 0 Å². The van der Waals surface area contributed by atoms with E-state index in [1.807, 2.05) is 50.2 Å². The van der Waals surface area contributed by atoms with Gasteiger partial charge in [0.2, 0.25) is 0 Å². The fraction of sp³-hybridized carbons (Fsp3) is 0.350. The minimum absolute atomic E-state index is 0.0167. The smallest absolute Gasteiger partial charge is 0.310 e. The molecule has 0 amide bonds. The summed E-state index contributed by atoms with van der Waals surface area (Å²) < 4.78 is 11.2. The SMILES string of the molecule is CC1(C)[C@H](C=C(Cl)Cl)[C@@H]1C(=O)OCc1coc(Cc2ccccc2)c1. The Kier molecular flexibility index (Phi) is 5.26. The van der Waals surface area contributed by atoms with Crippen LogP contribution in [0, 0.1) is 17.3 Å². The summed E-state index contributed by atoms with van der Waals surface area (Å²) in [7, 11) is 0. The largest absolute Gasteiger partial charge is 0.469 e. The molecule has 5 heteroatoms. The second-order valence-electron chi connectivity index (χ2n) is 6.97. The van der Waals surface area contributed by atoms with Crippen molar-refractivity contribution in [1.29, 1.82) is 0 Å². The number of allylic oxidation sites excluding steroid dienone is 1. The van der Waals surface area contributed by atoms with Gasteiger partial charge in [-0.1, -0.05) is 67.4 Å². The lowest BCUT2D eigenvalue weighted by molar-refractivity contribution is -0.147. The Labute approximate surface area is 157 Å². The number of furan rings is 1. The fourth-order valence-corrected chi connectivity index (χ4v) is 3.48. The van der Waals surface area contributed by atoms with Crippen molar-refractivity contribution in [3.63, 3.8) is 0 Å². The molecular formula is C20H20Cl2O3. The number of esters is 1. The number of carbonyl (C=O) groups excluding carboxylic acids is 1. The number of hydrogen-bond donors (Lipinski definition) is 0. The molecule has 0 bridgehead atoms. The van der Waals surface area contributed by atoms with Crippen molar-refractivity contribution in [2.24, 2.45) is 17.3 Å². The number of halogens is 2. The average Bonchev–Trinajstić information content (AvgIpc) is 2.90. The molecule has 1 heterocycles. The molecule has 1 fully saturated rings. The molecule has 2 atom stereocenters. The number of carbonyl (C=O) groups is 1. The van der Waals surface area contributed by atoms with Crippen LogP contribution in [0.1, 0.15) is 30.7 Å². The van der Waals surface area contributed by atoms with Crippen LogP contribution >= 0.6 is 23.2 Å². The van der Waals surface area contributed by atoms with Crippen molar-refractivity contribution in [1.82, 2.24) is 0 Å². The van der Waals surface area contributed by atoms with Crippen molar-refractivity contribution in [2.45, 2.75) is 26.9 Å². The zero-order valence-corrected chi connectivity index (χ0v) is 15.7. The first-order valence-electron chi connectivity index (χ1n) is 8.17. The Balaban J connectivity index is 1.54. The third kappa shape index (κ3) is 4.28. The molecule has 1 aromatic carbocycles. The van der Waals surface area contributed by atoms with E-state index < -0.39 is 0 Å².